The Morgan fingerprint density at radius 3 is 2.12 bits per heavy atom. The fourth-order valence-corrected chi connectivity index (χ4v) is 2.97. The molecule has 0 unspecified atom stereocenters. The first-order valence-corrected chi connectivity index (χ1v) is 10.7. The van der Waals surface area contributed by atoms with Crippen LogP contribution in [-0.2, 0) is 20.8 Å². The van der Waals surface area contributed by atoms with Crippen LogP contribution in [0.1, 0.15) is 76.6 Å². The molecule has 0 fully saturated rings. The molecular weight excluding hydrogens is 414 g/mol. The van der Waals surface area contributed by atoms with Gasteiger partial charge < -0.3 is 23.9 Å². The molecule has 1 aromatic heterocycles. The van der Waals surface area contributed by atoms with Gasteiger partial charge >= 0.3 is 17.9 Å². The van der Waals surface area contributed by atoms with Gasteiger partial charge in [0, 0.05) is 0 Å². The van der Waals surface area contributed by atoms with Crippen molar-refractivity contribution in [3.8, 4) is 5.75 Å². The maximum atomic E-state index is 12.5. The van der Waals surface area contributed by atoms with Gasteiger partial charge in [-0.3, -0.25) is 0 Å². The molecule has 0 aliphatic heterocycles. The highest BCUT2D eigenvalue weighted by Gasteiger charge is 2.26. The Hall–Kier alpha value is -3.29. The first kappa shape index (κ1) is 25.0. The van der Waals surface area contributed by atoms with Crippen LogP contribution >= 0.6 is 0 Å². The van der Waals surface area contributed by atoms with Crippen molar-refractivity contribution in [2.45, 2.75) is 47.6 Å². The Balaban J connectivity index is 2.11. The molecule has 2 aromatic rings. The minimum absolute atomic E-state index is 0.129. The highest BCUT2D eigenvalue weighted by Crippen LogP contribution is 2.22. The van der Waals surface area contributed by atoms with E-state index in [1.165, 1.54) is 0 Å². The summed E-state index contributed by atoms with van der Waals surface area (Å²) in [6.07, 6.45) is 0.940. The fraction of sp³-hybridized carbons (Fsp3) is 0.458. The molecule has 0 saturated carbocycles. The van der Waals surface area contributed by atoms with Crippen molar-refractivity contribution in [2.24, 2.45) is 5.92 Å². The molecule has 1 N–H and O–H groups in total. The number of benzene rings is 1. The van der Waals surface area contributed by atoms with Crippen LogP contribution < -0.4 is 4.74 Å². The van der Waals surface area contributed by atoms with Crippen LogP contribution in [0, 0.1) is 12.8 Å². The second-order valence-corrected chi connectivity index (χ2v) is 7.55. The first-order chi connectivity index (χ1) is 15.3. The first-order valence-electron chi connectivity index (χ1n) is 10.7. The quantitative estimate of drug-likeness (QED) is 0.402. The number of ether oxygens (including phenoxy) is 4. The van der Waals surface area contributed by atoms with Gasteiger partial charge in [0.25, 0.3) is 0 Å². The number of aromatic amines is 1. The number of carbonyl (C=O) groups is 3. The molecule has 0 amide bonds. The number of H-pyrrole nitrogens is 1. The molecule has 0 bridgehead atoms. The van der Waals surface area contributed by atoms with Gasteiger partial charge in [0.2, 0.25) is 0 Å². The molecule has 32 heavy (non-hydrogen) atoms. The van der Waals surface area contributed by atoms with E-state index in [-0.39, 0.29) is 36.8 Å². The third-order valence-electron chi connectivity index (χ3n) is 4.69. The van der Waals surface area contributed by atoms with E-state index in [1.807, 2.05) is 0 Å². The molecule has 0 aliphatic rings. The maximum Gasteiger partial charge on any atom is 0.355 e. The lowest BCUT2D eigenvalue weighted by Gasteiger charge is -2.09. The van der Waals surface area contributed by atoms with E-state index in [0.717, 1.165) is 6.42 Å². The zero-order chi connectivity index (χ0) is 23.7. The lowest BCUT2D eigenvalue weighted by Crippen LogP contribution is -2.11. The summed E-state index contributed by atoms with van der Waals surface area (Å²) in [5.74, 6) is -0.555. The van der Waals surface area contributed by atoms with Crippen molar-refractivity contribution in [1.82, 2.24) is 4.98 Å². The third kappa shape index (κ3) is 6.60. The van der Waals surface area contributed by atoms with E-state index in [9.17, 15) is 14.4 Å². The average Bonchev–Trinajstić information content (AvgIpc) is 3.09. The van der Waals surface area contributed by atoms with Crippen molar-refractivity contribution < 1.29 is 33.3 Å². The molecule has 0 aliphatic carbocycles. The topological polar surface area (TPSA) is 104 Å². The van der Waals surface area contributed by atoms with E-state index in [4.69, 9.17) is 18.9 Å². The smallest absolute Gasteiger partial charge is 0.355 e. The van der Waals surface area contributed by atoms with Gasteiger partial charge in [-0.05, 0) is 62.9 Å². The Morgan fingerprint density at radius 1 is 0.906 bits per heavy atom. The van der Waals surface area contributed by atoms with Gasteiger partial charge in [0.05, 0.1) is 36.6 Å². The van der Waals surface area contributed by atoms with Crippen LogP contribution in [0.4, 0.5) is 0 Å². The molecule has 2 rings (SSSR count). The standard InChI is InChI=1S/C24H31NO7/c1-6-29-23(27)20-16(5)21(24(28)30-7-2)25-19(20)14-32-22(26)17-8-10-18(11-9-17)31-13-12-15(3)4/h8-11,15,25H,6-7,12-14H2,1-5H3. The normalized spacial score (nSPS) is 10.7. The summed E-state index contributed by atoms with van der Waals surface area (Å²) >= 11 is 0. The zero-order valence-electron chi connectivity index (χ0n) is 19.3. The van der Waals surface area contributed by atoms with Crippen LogP contribution in [0.2, 0.25) is 0 Å². The summed E-state index contributed by atoms with van der Waals surface area (Å²) in [5, 5.41) is 0. The summed E-state index contributed by atoms with van der Waals surface area (Å²) in [5.41, 5.74) is 1.29. The lowest BCUT2D eigenvalue weighted by molar-refractivity contribution is 0.0445. The van der Waals surface area contributed by atoms with Gasteiger partial charge in [-0.25, -0.2) is 14.4 Å². The molecule has 0 saturated heterocycles. The predicted molar refractivity (Wildman–Crippen MR) is 118 cm³/mol. The number of hydrogen-bond acceptors (Lipinski definition) is 7. The second-order valence-electron chi connectivity index (χ2n) is 7.55. The number of carbonyl (C=O) groups excluding carboxylic acids is 3. The Labute approximate surface area is 188 Å². The Bertz CT molecular complexity index is 929. The van der Waals surface area contributed by atoms with Gasteiger partial charge in [-0.2, -0.15) is 0 Å². The molecule has 0 atom stereocenters. The molecule has 1 heterocycles. The van der Waals surface area contributed by atoms with Gasteiger partial charge in [-0.1, -0.05) is 13.8 Å². The van der Waals surface area contributed by atoms with Crippen LogP contribution in [0.3, 0.4) is 0 Å². The summed E-state index contributed by atoms with van der Waals surface area (Å²) in [6.45, 7) is 9.95. The molecule has 0 spiro atoms. The predicted octanol–water partition coefficient (Wildman–Crippen LogP) is 4.46. The number of rotatable bonds is 11. The number of esters is 3. The van der Waals surface area contributed by atoms with Gasteiger partial charge in [0.15, 0.2) is 0 Å². The minimum Gasteiger partial charge on any atom is -0.494 e. The van der Waals surface area contributed by atoms with Crippen molar-refractivity contribution in [3.63, 3.8) is 0 Å². The third-order valence-corrected chi connectivity index (χ3v) is 4.69. The molecule has 0 radical (unpaired) electrons. The molecule has 8 nitrogen and oxygen atoms in total. The van der Waals surface area contributed by atoms with Crippen LogP contribution in [0.25, 0.3) is 0 Å². The summed E-state index contributed by atoms with van der Waals surface area (Å²) in [6, 6.07) is 6.64. The lowest BCUT2D eigenvalue weighted by atomic mass is 10.1. The SMILES string of the molecule is CCOC(=O)c1[nH]c(COC(=O)c2ccc(OCCC(C)C)cc2)c(C(=O)OCC)c1C. The fourth-order valence-electron chi connectivity index (χ4n) is 2.97. The number of hydrogen-bond donors (Lipinski definition) is 1. The Kier molecular flexibility index (Phi) is 9.31. The second kappa shape index (κ2) is 11.9. The van der Waals surface area contributed by atoms with Gasteiger partial charge in [-0.15, -0.1) is 0 Å². The monoisotopic (exact) mass is 445 g/mol. The van der Waals surface area contributed by atoms with E-state index >= 15 is 0 Å². The highest BCUT2D eigenvalue weighted by atomic mass is 16.5. The summed E-state index contributed by atoms with van der Waals surface area (Å²) in [7, 11) is 0. The van der Waals surface area contributed by atoms with E-state index < -0.39 is 17.9 Å². The van der Waals surface area contributed by atoms with Crippen molar-refractivity contribution in [3.05, 3.63) is 52.3 Å². The zero-order valence-corrected chi connectivity index (χ0v) is 19.3. The van der Waals surface area contributed by atoms with Crippen LogP contribution in [0.5, 0.6) is 5.75 Å². The number of nitrogens with one attached hydrogen (secondary N) is 1. The van der Waals surface area contributed by atoms with E-state index in [1.54, 1.807) is 45.0 Å². The maximum absolute atomic E-state index is 12.5. The van der Waals surface area contributed by atoms with Crippen LogP contribution in [-0.4, -0.2) is 42.7 Å². The summed E-state index contributed by atoms with van der Waals surface area (Å²) < 4.78 is 21.1. The molecule has 174 valence electrons. The molecular formula is C24H31NO7. The van der Waals surface area contributed by atoms with Gasteiger partial charge in [0.1, 0.15) is 18.1 Å². The number of aromatic nitrogens is 1. The van der Waals surface area contributed by atoms with Crippen LogP contribution in [0.15, 0.2) is 24.3 Å². The Morgan fingerprint density at radius 2 is 1.53 bits per heavy atom. The molecule has 8 heteroatoms. The molecule has 1 aromatic carbocycles. The van der Waals surface area contributed by atoms with Crippen molar-refractivity contribution in [2.75, 3.05) is 19.8 Å². The van der Waals surface area contributed by atoms with E-state index in [0.29, 0.717) is 29.4 Å². The summed E-state index contributed by atoms with van der Waals surface area (Å²) in [4.78, 5) is 39.9. The average molecular weight is 446 g/mol. The largest absolute Gasteiger partial charge is 0.494 e. The van der Waals surface area contributed by atoms with E-state index in [2.05, 4.69) is 18.8 Å². The van der Waals surface area contributed by atoms with Crippen molar-refractivity contribution >= 4 is 17.9 Å². The highest BCUT2D eigenvalue weighted by molar-refractivity contribution is 5.98. The van der Waals surface area contributed by atoms with Crippen molar-refractivity contribution in [1.29, 1.82) is 0 Å². The minimum atomic E-state index is -0.606.